The third kappa shape index (κ3) is 5.73. The molecule has 0 bridgehead atoms. The summed E-state index contributed by atoms with van der Waals surface area (Å²) >= 11 is 3.45. The molecule has 2 amide bonds. The van der Waals surface area contributed by atoms with Gasteiger partial charge in [-0.05, 0) is 61.2 Å². The lowest BCUT2D eigenvalue weighted by molar-refractivity contribution is -0.140. The number of benzene rings is 1. The zero-order chi connectivity index (χ0) is 18.9. The van der Waals surface area contributed by atoms with Crippen LogP contribution >= 0.6 is 15.9 Å². The van der Waals surface area contributed by atoms with Crippen LogP contribution in [0.2, 0.25) is 0 Å². The lowest BCUT2D eigenvalue weighted by Crippen LogP contribution is -2.44. The number of carbonyl (C=O) groups is 2. The van der Waals surface area contributed by atoms with Gasteiger partial charge in [-0.25, -0.2) is 0 Å². The standard InChI is InChI=1S/C20H29BrN2O3/c1-3-22(4-2)20(25)16-11-13-23(14-12-16)19(24)10-7-15-26-18-9-6-5-8-17(18)21/h5-6,8-9,16H,3-4,7,10-15H2,1-2H3. The second-order valence-corrected chi connectivity index (χ2v) is 7.40. The quantitative estimate of drug-likeness (QED) is 0.597. The van der Waals surface area contributed by atoms with E-state index in [1.165, 1.54) is 0 Å². The van der Waals surface area contributed by atoms with E-state index in [4.69, 9.17) is 4.74 Å². The van der Waals surface area contributed by atoms with E-state index in [2.05, 4.69) is 15.9 Å². The first kappa shape index (κ1) is 20.7. The molecule has 1 aromatic carbocycles. The van der Waals surface area contributed by atoms with Gasteiger partial charge in [0.2, 0.25) is 11.8 Å². The number of amides is 2. The molecule has 0 aliphatic carbocycles. The van der Waals surface area contributed by atoms with Crippen LogP contribution in [-0.4, -0.2) is 54.4 Å². The molecule has 0 unspecified atom stereocenters. The number of carbonyl (C=O) groups excluding carboxylic acids is 2. The smallest absolute Gasteiger partial charge is 0.225 e. The number of ether oxygens (including phenoxy) is 1. The highest BCUT2D eigenvalue weighted by atomic mass is 79.9. The first-order chi connectivity index (χ1) is 12.6. The fraction of sp³-hybridized carbons (Fsp3) is 0.600. The molecule has 1 aromatic rings. The van der Waals surface area contributed by atoms with Crippen molar-refractivity contribution < 1.29 is 14.3 Å². The van der Waals surface area contributed by atoms with E-state index in [0.717, 1.165) is 36.2 Å². The summed E-state index contributed by atoms with van der Waals surface area (Å²) in [6.07, 6.45) is 2.72. The van der Waals surface area contributed by atoms with Crippen molar-refractivity contribution in [2.45, 2.75) is 39.5 Å². The van der Waals surface area contributed by atoms with Crippen molar-refractivity contribution in [3.8, 4) is 5.75 Å². The second kappa shape index (κ2) is 10.6. The van der Waals surface area contributed by atoms with Crippen LogP contribution in [0.25, 0.3) is 0 Å². The first-order valence-corrected chi connectivity index (χ1v) is 10.3. The van der Waals surface area contributed by atoms with Gasteiger partial charge in [-0.1, -0.05) is 12.1 Å². The molecule has 1 aliphatic rings. The minimum Gasteiger partial charge on any atom is -0.492 e. The first-order valence-electron chi connectivity index (χ1n) is 9.50. The van der Waals surface area contributed by atoms with Crippen LogP contribution in [0, 0.1) is 5.92 Å². The van der Waals surface area contributed by atoms with Crippen LogP contribution in [0.15, 0.2) is 28.7 Å². The van der Waals surface area contributed by atoms with Crippen LogP contribution in [0.1, 0.15) is 39.5 Å². The number of nitrogens with zero attached hydrogens (tertiary/aromatic N) is 2. The van der Waals surface area contributed by atoms with Gasteiger partial charge in [0, 0.05) is 38.5 Å². The zero-order valence-electron chi connectivity index (χ0n) is 15.7. The number of para-hydroxylation sites is 1. The van der Waals surface area contributed by atoms with Crippen molar-refractivity contribution in [3.63, 3.8) is 0 Å². The van der Waals surface area contributed by atoms with Crippen molar-refractivity contribution >= 4 is 27.7 Å². The van der Waals surface area contributed by atoms with Gasteiger partial charge < -0.3 is 14.5 Å². The van der Waals surface area contributed by atoms with Crippen molar-refractivity contribution in [1.82, 2.24) is 9.80 Å². The highest BCUT2D eigenvalue weighted by molar-refractivity contribution is 9.10. The van der Waals surface area contributed by atoms with Crippen molar-refractivity contribution in [3.05, 3.63) is 28.7 Å². The molecule has 0 N–H and O–H groups in total. The van der Waals surface area contributed by atoms with E-state index in [9.17, 15) is 9.59 Å². The normalized spacial score (nSPS) is 15.0. The van der Waals surface area contributed by atoms with Gasteiger partial charge in [-0.2, -0.15) is 0 Å². The van der Waals surface area contributed by atoms with E-state index in [1.54, 1.807) is 0 Å². The predicted octanol–water partition coefficient (Wildman–Crippen LogP) is 3.72. The van der Waals surface area contributed by atoms with Crippen LogP contribution in [-0.2, 0) is 9.59 Å². The minimum absolute atomic E-state index is 0.0673. The van der Waals surface area contributed by atoms with Crippen LogP contribution < -0.4 is 4.74 Å². The Balaban J connectivity index is 1.68. The Morgan fingerprint density at radius 3 is 2.46 bits per heavy atom. The van der Waals surface area contributed by atoms with Gasteiger partial charge in [0.25, 0.3) is 0 Å². The molecule has 1 saturated heterocycles. The molecule has 0 atom stereocenters. The average Bonchev–Trinajstić information content (AvgIpc) is 2.67. The highest BCUT2D eigenvalue weighted by Gasteiger charge is 2.29. The summed E-state index contributed by atoms with van der Waals surface area (Å²) in [5, 5.41) is 0. The number of piperidine rings is 1. The van der Waals surface area contributed by atoms with Gasteiger partial charge in [-0.15, -0.1) is 0 Å². The summed E-state index contributed by atoms with van der Waals surface area (Å²) in [4.78, 5) is 28.6. The minimum atomic E-state index is 0.0673. The maximum absolute atomic E-state index is 12.4. The van der Waals surface area contributed by atoms with Crippen molar-refractivity contribution in [2.24, 2.45) is 5.92 Å². The summed E-state index contributed by atoms with van der Waals surface area (Å²) < 4.78 is 6.63. The van der Waals surface area contributed by atoms with E-state index in [0.29, 0.717) is 32.5 Å². The fourth-order valence-electron chi connectivity index (χ4n) is 3.29. The number of halogens is 1. The molecule has 0 saturated carbocycles. The Hall–Kier alpha value is -1.56. The topological polar surface area (TPSA) is 49.9 Å². The average molecular weight is 425 g/mol. The number of likely N-dealkylation sites (tertiary alicyclic amines) is 1. The fourth-order valence-corrected chi connectivity index (χ4v) is 3.69. The SMILES string of the molecule is CCN(CC)C(=O)C1CCN(C(=O)CCCOc2ccccc2Br)CC1. The summed E-state index contributed by atoms with van der Waals surface area (Å²) in [5.41, 5.74) is 0. The molecule has 144 valence electrons. The van der Waals surface area contributed by atoms with Crippen LogP contribution in [0.4, 0.5) is 0 Å². The molecule has 1 heterocycles. The Morgan fingerprint density at radius 1 is 1.19 bits per heavy atom. The molecule has 0 radical (unpaired) electrons. The van der Waals surface area contributed by atoms with Gasteiger partial charge in [0.05, 0.1) is 11.1 Å². The molecular formula is C20H29BrN2O3. The Morgan fingerprint density at radius 2 is 1.85 bits per heavy atom. The monoisotopic (exact) mass is 424 g/mol. The molecule has 1 fully saturated rings. The molecule has 26 heavy (non-hydrogen) atoms. The largest absolute Gasteiger partial charge is 0.492 e. The lowest BCUT2D eigenvalue weighted by atomic mass is 9.95. The van der Waals surface area contributed by atoms with Crippen molar-refractivity contribution in [2.75, 3.05) is 32.8 Å². The predicted molar refractivity (Wildman–Crippen MR) is 106 cm³/mol. The number of hydrogen-bond acceptors (Lipinski definition) is 3. The van der Waals surface area contributed by atoms with Crippen LogP contribution in [0.3, 0.4) is 0 Å². The van der Waals surface area contributed by atoms with Gasteiger partial charge in [-0.3, -0.25) is 9.59 Å². The van der Waals surface area contributed by atoms with E-state index < -0.39 is 0 Å². The zero-order valence-corrected chi connectivity index (χ0v) is 17.3. The Bertz CT molecular complexity index is 596. The van der Waals surface area contributed by atoms with Gasteiger partial charge in [0.1, 0.15) is 5.75 Å². The van der Waals surface area contributed by atoms with Gasteiger partial charge >= 0.3 is 0 Å². The summed E-state index contributed by atoms with van der Waals surface area (Å²) in [6, 6.07) is 7.71. The second-order valence-electron chi connectivity index (χ2n) is 6.55. The van der Waals surface area contributed by atoms with E-state index >= 15 is 0 Å². The summed E-state index contributed by atoms with van der Waals surface area (Å²) in [6.45, 7) is 7.42. The molecule has 0 aromatic heterocycles. The molecular weight excluding hydrogens is 396 g/mol. The Kier molecular flexibility index (Phi) is 8.42. The number of rotatable bonds is 8. The maximum atomic E-state index is 12.4. The van der Waals surface area contributed by atoms with Crippen molar-refractivity contribution in [1.29, 1.82) is 0 Å². The lowest BCUT2D eigenvalue weighted by Gasteiger charge is -2.33. The molecule has 5 nitrogen and oxygen atoms in total. The molecule has 6 heteroatoms. The van der Waals surface area contributed by atoms with Crippen LogP contribution in [0.5, 0.6) is 5.75 Å². The number of hydrogen-bond donors (Lipinski definition) is 0. The maximum Gasteiger partial charge on any atom is 0.225 e. The Labute approximate surface area is 164 Å². The molecule has 0 spiro atoms. The molecule has 1 aliphatic heterocycles. The van der Waals surface area contributed by atoms with Gasteiger partial charge in [0.15, 0.2) is 0 Å². The third-order valence-electron chi connectivity index (χ3n) is 4.90. The summed E-state index contributed by atoms with van der Waals surface area (Å²) in [5.74, 6) is 1.27. The summed E-state index contributed by atoms with van der Waals surface area (Å²) in [7, 11) is 0. The van der Waals surface area contributed by atoms with E-state index in [1.807, 2.05) is 47.9 Å². The third-order valence-corrected chi connectivity index (χ3v) is 5.56. The molecule has 2 rings (SSSR count). The van der Waals surface area contributed by atoms with E-state index in [-0.39, 0.29) is 17.7 Å². The highest BCUT2D eigenvalue weighted by Crippen LogP contribution is 2.24.